The minimum atomic E-state index is -0.442. The van der Waals surface area contributed by atoms with Crippen LogP contribution in [0.3, 0.4) is 0 Å². The molecule has 3 rings (SSSR count). The number of carbonyl (C=O) groups excluding carboxylic acids is 1. The molecular weight excluding hydrogens is 338 g/mol. The van der Waals surface area contributed by atoms with Crippen LogP contribution in [0, 0.1) is 17.2 Å². The Bertz CT molecular complexity index is 921. The lowest BCUT2D eigenvalue weighted by molar-refractivity contribution is -0.141. The molecule has 1 atom stereocenters. The van der Waals surface area contributed by atoms with Crippen LogP contribution in [0.4, 0.5) is 0 Å². The number of nitrogens with zero attached hydrogens (tertiary/aromatic N) is 1. The van der Waals surface area contributed by atoms with E-state index in [0.717, 1.165) is 11.1 Å². The highest BCUT2D eigenvalue weighted by Crippen LogP contribution is 2.39. The molecule has 0 N–H and O–H groups in total. The van der Waals surface area contributed by atoms with Crippen molar-refractivity contribution in [1.82, 2.24) is 0 Å². The van der Waals surface area contributed by atoms with Crippen molar-refractivity contribution in [2.45, 2.75) is 26.9 Å². The summed E-state index contributed by atoms with van der Waals surface area (Å²) in [6.07, 6.45) is 0.607. The molecule has 0 saturated heterocycles. The molecule has 0 fully saturated rings. The van der Waals surface area contributed by atoms with Crippen LogP contribution in [-0.2, 0) is 20.9 Å². The second kappa shape index (κ2) is 8.37. The largest absolute Gasteiger partial charge is 0.460 e. The van der Waals surface area contributed by atoms with E-state index in [0.29, 0.717) is 29.1 Å². The molecule has 0 spiro atoms. The quantitative estimate of drug-likeness (QED) is 0.705. The second-order valence-electron chi connectivity index (χ2n) is 6.32. The Morgan fingerprint density at radius 3 is 2.33 bits per heavy atom. The molecule has 0 bridgehead atoms. The van der Waals surface area contributed by atoms with Crippen molar-refractivity contribution in [1.29, 1.82) is 5.26 Å². The maximum atomic E-state index is 12.8. The number of hydrogen-bond acceptors (Lipinski definition) is 4. The van der Waals surface area contributed by atoms with Gasteiger partial charge < -0.3 is 9.47 Å². The van der Waals surface area contributed by atoms with Gasteiger partial charge in [-0.15, -0.1) is 0 Å². The first-order valence-corrected chi connectivity index (χ1v) is 8.95. The van der Waals surface area contributed by atoms with Gasteiger partial charge in [0.05, 0.1) is 17.2 Å². The molecule has 4 heteroatoms. The third-order valence-corrected chi connectivity index (χ3v) is 4.57. The summed E-state index contributed by atoms with van der Waals surface area (Å²) in [6.45, 7) is 3.89. The number of rotatable bonds is 5. The highest BCUT2D eigenvalue weighted by atomic mass is 16.5. The van der Waals surface area contributed by atoms with Gasteiger partial charge in [0.25, 0.3) is 0 Å². The minimum Gasteiger partial charge on any atom is -0.460 e. The van der Waals surface area contributed by atoms with Gasteiger partial charge in [-0.05, 0) is 18.9 Å². The van der Waals surface area contributed by atoms with E-state index in [4.69, 9.17) is 9.47 Å². The number of carbonyl (C=O) groups is 1. The number of nitriles is 1. The summed E-state index contributed by atoms with van der Waals surface area (Å²) in [7, 11) is 0. The van der Waals surface area contributed by atoms with Gasteiger partial charge in [0.15, 0.2) is 0 Å². The molecule has 1 heterocycles. The number of esters is 1. The van der Waals surface area contributed by atoms with Crippen molar-refractivity contribution in [3.05, 3.63) is 88.7 Å². The molecule has 0 aliphatic carbocycles. The van der Waals surface area contributed by atoms with Crippen LogP contribution >= 0.6 is 0 Å². The lowest BCUT2D eigenvalue weighted by Gasteiger charge is -2.27. The predicted octanol–water partition coefficient (Wildman–Crippen LogP) is 5.00. The zero-order valence-electron chi connectivity index (χ0n) is 15.4. The van der Waals surface area contributed by atoms with Crippen LogP contribution in [0.2, 0.25) is 0 Å². The third-order valence-electron chi connectivity index (χ3n) is 4.57. The van der Waals surface area contributed by atoms with Gasteiger partial charge in [0, 0.05) is 11.5 Å². The smallest absolute Gasteiger partial charge is 0.338 e. The molecule has 1 aliphatic heterocycles. The zero-order valence-corrected chi connectivity index (χ0v) is 15.4. The van der Waals surface area contributed by atoms with Gasteiger partial charge in [-0.25, -0.2) is 4.79 Å². The van der Waals surface area contributed by atoms with Gasteiger partial charge in [-0.2, -0.15) is 5.26 Å². The standard InChI is InChI=1S/C23H21NO3/c1-3-19-20(14-24)22(18-12-8-5-9-13-18)27-16(2)21(19)23(25)26-15-17-10-6-4-7-11-17/h4-13,19H,3,15H2,1-2H3. The molecule has 136 valence electrons. The maximum Gasteiger partial charge on any atom is 0.338 e. The third kappa shape index (κ3) is 3.93. The average Bonchev–Trinajstić information content (AvgIpc) is 2.72. The van der Waals surface area contributed by atoms with Gasteiger partial charge in [0.2, 0.25) is 0 Å². The first kappa shape index (κ1) is 18.5. The number of ether oxygens (including phenoxy) is 2. The minimum absolute atomic E-state index is 0.185. The Balaban J connectivity index is 1.88. The summed E-state index contributed by atoms with van der Waals surface area (Å²) in [6, 6.07) is 21.2. The Labute approximate surface area is 159 Å². The summed E-state index contributed by atoms with van der Waals surface area (Å²) in [5.74, 6) is 0.213. The summed E-state index contributed by atoms with van der Waals surface area (Å²) in [5.41, 5.74) is 2.61. The lowest BCUT2D eigenvalue weighted by Crippen LogP contribution is -2.23. The first-order valence-electron chi connectivity index (χ1n) is 8.95. The van der Waals surface area contributed by atoms with Crippen molar-refractivity contribution >= 4 is 11.7 Å². The van der Waals surface area contributed by atoms with Crippen LogP contribution in [0.1, 0.15) is 31.4 Å². The predicted molar refractivity (Wildman–Crippen MR) is 103 cm³/mol. The summed E-state index contributed by atoms with van der Waals surface area (Å²) >= 11 is 0. The van der Waals surface area contributed by atoms with E-state index in [2.05, 4.69) is 6.07 Å². The van der Waals surface area contributed by atoms with E-state index in [9.17, 15) is 10.1 Å². The Morgan fingerprint density at radius 2 is 1.74 bits per heavy atom. The molecule has 0 saturated carbocycles. The van der Waals surface area contributed by atoms with Gasteiger partial charge in [-0.1, -0.05) is 67.6 Å². The maximum absolute atomic E-state index is 12.8. The van der Waals surface area contributed by atoms with Gasteiger partial charge >= 0.3 is 5.97 Å². The fourth-order valence-corrected chi connectivity index (χ4v) is 3.24. The molecule has 1 unspecified atom stereocenters. The summed E-state index contributed by atoms with van der Waals surface area (Å²) < 4.78 is 11.4. The first-order chi connectivity index (χ1) is 13.2. The fourth-order valence-electron chi connectivity index (χ4n) is 3.24. The van der Waals surface area contributed by atoms with Crippen molar-refractivity contribution < 1.29 is 14.3 Å². The monoisotopic (exact) mass is 359 g/mol. The van der Waals surface area contributed by atoms with Crippen LogP contribution < -0.4 is 0 Å². The molecule has 2 aromatic rings. The highest BCUT2D eigenvalue weighted by Gasteiger charge is 2.35. The Kier molecular flexibility index (Phi) is 5.73. The van der Waals surface area contributed by atoms with Gasteiger partial charge in [-0.3, -0.25) is 0 Å². The summed E-state index contributed by atoms with van der Waals surface area (Å²) in [5, 5.41) is 9.76. The molecule has 1 aliphatic rings. The van der Waals surface area contributed by atoms with E-state index in [1.807, 2.05) is 67.6 Å². The Morgan fingerprint density at radius 1 is 1.11 bits per heavy atom. The molecule has 0 amide bonds. The van der Waals surface area contributed by atoms with E-state index >= 15 is 0 Å². The highest BCUT2D eigenvalue weighted by molar-refractivity contribution is 5.92. The van der Waals surface area contributed by atoms with E-state index in [1.54, 1.807) is 6.92 Å². The van der Waals surface area contributed by atoms with Crippen molar-refractivity contribution in [3.63, 3.8) is 0 Å². The Hall–Kier alpha value is -3.32. The zero-order chi connectivity index (χ0) is 19.2. The fraction of sp³-hybridized carbons (Fsp3) is 0.217. The molecule has 27 heavy (non-hydrogen) atoms. The van der Waals surface area contributed by atoms with Gasteiger partial charge in [0.1, 0.15) is 18.1 Å². The van der Waals surface area contributed by atoms with E-state index in [-0.39, 0.29) is 12.5 Å². The van der Waals surface area contributed by atoms with E-state index < -0.39 is 5.97 Å². The van der Waals surface area contributed by atoms with Crippen LogP contribution in [0.5, 0.6) is 0 Å². The van der Waals surface area contributed by atoms with Crippen LogP contribution in [0.15, 0.2) is 77.6 Å². The number of benzene rings is 2. The normalized spacial score (nSPS) is 16.6. The molecule has 4 nitrogen and oxygen atoms in total. The molecule has 0 radical (unpaired) electrons. The molecule has 0 aromatic heterocycles. The number of hydrogen-bond donors (Lipinski definition) is 0. The SMILES string of the molecule is CCC1C(C#N)=C(c2ccccc2)OC(C)=C1C(=O)OCc1ccccc1. The average molecular weight is 359 g/mol. The van der Waals surface area contributed by atoms with Crippen molar-refractivity contribution in [2.75, 3.05) is 0 Å². The van der Waals surface area contributed by atoms with Crippen LogP contribution in [0.25, 0.3) is 5.76 Å². The summed E-state index contributed by atoms with van der Waals surface area (Å²) in [4.78, 5) is 12.8. The topological polar surface area (TPSA) is 59.3 Å². The molecular formula is C23H21NO3. The van der Waals surface area contributed by atoms with Crippen molar-refractivity contribution in [2.24, 2.45) is 5.92 Å². The number of allylic oxidation sites excluding steroid dienone is 2. The second-order valence-corrected chi connectivity index (χ2v) is 6.32. The van der Waals surface area contributed by atoms with Crippen LogP contribution in [-0.4, -0.2) is 5.97 Å². The lowest BCUT2D eigenvalue weighted by atomic mass is 9.84. The van der Waals surface area contributed by atoms with E-state index in [1.165, 1.54) is 0 Å². The molecule has 2 aromatic carbocycles. The van der Waals surface area contributed by atoms with Crippen molar-refractivity contribution in [3.8, 4) is 6.07 Å².